The van der Waals surface area contributed by atoms with Crippen molar-refractivity contribution >= 4 is 32.7 Å². The predicted octanol–water partition coefficient (Wildman–Crippen LogP) is 2.24. The lowest BCUT2D eigenvalue weighted by molar-refractivity contribution is 0.582. The van der Waals surface area contributed by atoms with Crippen molar-refractivity contribution in [3.05, 3.63) is 33.1 Å². The fraction of sp³-hybridized carbons (Fsp3) is 0.462. The zero-order valence-corrected chi connectivity index (χ0v) is 14.1. The quantitative estimate of drug-likeness (QED) is 0.809. The molecule has 8 heteroatoms. The van der Waals surface area contributed by atoms with Crippen LogP contribution >= 0.6 is 22.7 Å². The van der Waals surface area contributed by atoms with Crippen LogP contribution in [0.3, 0.4) is 0 Å². The monoisotopic (exact) mass is 343 g/mol. The Morgan fingerprint density at radius 3 is 2.86 bits per heavy atom. The number of hydrogen-bond acceptors (Lipinski definition) is 6. The number of nitrogens with zero attached hydrogens (tertiary/aromatic N) is 1. The van der Waals surface area contributed by atoms with E-state index in [9.17, 15) is 8.42 Å². The van der Waals surface area contributed by atoms with Gasteiger partial charge in [-0.15, -0.1) is 22.7 Å². The lowest BCUT2D eigenvalue weighted by Crippen LogP contribution is -2.22. The van der Waals surface area contributed by atoms with Gasteiger partial charge in [0.25, 0.3) is 0 Å². The molecule has 0 unspecified atom stereocenters. The first-order valence-electron chi connectivity index (χ1n) is 6.74. The predicted molar refractivity (Wildman–Crippen MR) is 85.1 cm³/mol. The molecule has 114 valence electrons. The minimum Gasteiger partial charge on any atom is -0.309 e. The zero-order valence-electron chi connectivity index (χ0n) is 11.6. The highest BCUT2D eigenvalue weighted by molar-refractivity contribution is 7.91. The van der Waals surface area contributed by atoms with Crippen molar-refractivity contribution in [2.24, 2.45) is 0 Å². The van der Waals surface area contributed by atoms with Gasteiger partial charge in [-0.25, -0.2) is 18.1 Å². The number of thiophene rings is 1. The lowest BCUT2D eigenvalue weighted by Gasteiger charge is -2.02. The normalized spacial score (nSPS) is 15.5. The van der Waals surface area contributed by atoms with Crippen LogP contribution in [0.2, 0.25) is 0 Å². The van der Waals surface area contributed by atoms with Crippen LogP contribution < -0.4 is 10.0 Å². The summed E-state index contributed by atoms with van der Waals surface area (Å²) in [7, 11) is -3.46. The molecule has 0 spiro atoms. The van der Waals surface area contributed by atoms with Crippen molar-refractivity contribution in [2.45, 2.75) is 43.1 Å². The van der Waals surface area contributed by atoms with E-state index in [0.717, 1.165) is 22.7 Å². The summed E-state index contributed by atoms with van der Waals surface area (Å²) in [5.41, 5.74) is 3.47. The van der Waals surface area contributed by atoms with Crippen LogP contribution in [0, 0.1) is 6.92 Å². The van der Waals surface area contributed by atoms with E-state index in [2.05, 4.69) is 15.0 Å². The molecule has 0 radical (unpaired) electrons. The third kappa shape index (κ3) is 3.89. The van der Waals surface area contributed by atoms with Gasteiger partial charge in [-0.3, -0.25) is 0 Å². The summed E-state index contributed by atoms with van der Waals surface area (Å²) in [6.07, 6.45) is 2.45. The van der Waals surface area contributed by atoms with E-state index in [1.807, 2.05) is 12.3 Å². The molecule has 21 heavy (non-hydrogen) atoms. The number of nitrogens with one attached hydrogen (secondary N) is 2. The lowest BCUT2D eigenvalue weighted by atomic mass is 10.3. The molecule has 1 fully saturated rings. The van der Waals surface area contributed by atoms with Gasteiger partial charge in [0.15, 0.2) is 0 Å². The standard InChI is InChI=1S/C13H17N3O2S3/c1-9-4-13(20-12(9)6-14-10-2-3-10)21(17,18)16-5-11-7-19-8-15-11/h4,7-8,10,14,16H,2-3,5-6H2,1H3. The second-order valence-electron chi connectivity index (χ2n) is 5.13. The molecular weight excluding hydrogens is 326 g/mol. The number of thiazole rings is 1. The molecule has 1 saturated carbocycles. The van der Waals surface area contributed by atoms with Crippen LogP contribution in [0.1, 0.15) is 29.0 Å². The van der Waals surface area contributed by atoms with E-state index in [-0.39, 0.29) is 6.54 Å². The topological polar surface area (TPSA) is 71.1 Å². The molecule has 3 rings (SSSR count). The zero-order chi connectivity index (χ0) is 14.9. The van der Waals surface area contributed by atoms with Gasteiger partial charge in [0.05, 0.1) is 17.7 Å². The first kappa shape index (κ1) is 15.1. The smallest absolute Gasteiger partial charge is 0.250 e. The van der Waals surface area contributed by atoms with Gasteiger partial charge in [0.1, 0.15) is 4.21 Å². The number of rotatable bonds is 7. The van der Waals surface area contributed by atoms with E-state index in [1.54, 1.807) is 11.6 Å². The average molecular weight is 343 g/mol. The Kier molecular flexibility index (Phi) is 4.41. The van der Waals surface area contributed by atoms with Gasteiger partial charge in [0.2, 0.25) is 10.0 Å². The number of hydrogen-bond donors (Lipinski definition) is 2. The summed E-state index contributed by atoms with van der Waals surface area (Å²) in [5.74, 6) is 0. The Morgan fingerprint density at radius 2 is 2.19 bits per heavy atom. The molecule has 2 aromatic heterocycles. The highest BCUT2D eigenvalue weighted by Crippen LogP contribution is 2.27. The Hall–Kier alpha value is -0.800. The van der Waals surface area contributed by atoms with Gasteiger partial charge in [0, 0.05) is 22.8 Å². The fourth-order valence-electron chi connectivity index (χ4n) is 1.89. The average Bonchev–Trinajstić information content (AvgIpc) is 2.98. The van der Waals surface area contributed by atoms with E-state index < -0.39 is 10.0 Å². The van der Waals surface area contributed by atoms with Crippen LogP contribution in [-0.2, 0) is 23.1 Å². The maximum absolute atomic E-state index is 12.3. The van der Waals surface area contributed by atoms with Crippen molar-refractivity contribution in [3.63, 3.8) is 0 Å². The minimum absolute atomic E-state index is 0.235. The van der Waals surface area contributed by atoms with Gasteiger partial charge in [-0.1, -0.05) is 0 Å². The molecule has 2 aromatic rings. The van der Waals surface area contributed by atoms with Crippen LogP contribution in [0.15, 0.2) is 21.2 Å². The maximum Gasteiger partial charge on any atom is 0.250 e. The molecule has 0 aliphatic heterocycles. The Labute approximate surface area is 132 Å². The van der Waals surface area contributed by atoms with Gasteiger partial charge >= 0.3 is 0 Å². The second kappa shape index (κ2) is 6.13. The maximum atomic E-state index is 12.3. The molecule has 0 saturated heterocycles. The van der Waals surface area contributed by atoms with Gasteiger partial charge in [-0.2, -0.15) is 0 Å². The van der Waals surface area contributed by atoms with Crippen molar-refractivity contribution in [3.8, 4) is 0 Å². The molecular formula is C13H17N3O2S3. The first-order chi connectivity index (χ1) is 10.0. The molecule has 0 bridgehead atoms. The van der Waals surface area contributed by atoms with Gasteiger partial charge < -0.3 is 5.32 Å². The molecule has 0 atom stereocenters. The first-order valence-corrected chi connectivity index (χ1v) is 9.98. The van der Waals surface area contributed by atoms with Crippen molar-refractivity contribution in [2.75, 3.05) is 0 Å². The molecule has 0 amide bonds. The fourth-order valence-corrected chi connectivity index (χ4v) is 5.03. The van der Waals surface area contributed by atoms with Crippen molar-refractivity contribution < 1.29 is 8.42 Å². The highest BCUT2D eigenvalue weighted by Gasteiger charge is 2.22. The van der Waals surface area contributed by atoms with Crippen LogP contribution in [-0.4, -0.2) is 19.4 Å². The van der Waals surface area contributed by atoms with E-state index >= 15 is 0 Å². The minimum atomic E-state index is -3.46. The number of aryl methyl sites for hydroxylation is 1. The number of sulfonamides is 1. The Morgan fingerprint density at radius 1 is 1.38 bits per heavy atom. The van der Waals surface area contributed by atoms with Crippen LogP contribution in [0.4, 0.5) is 0 Å². The molecule has 0 aromatic carbocycles. The Bertz CT molecular complexity index is 703. The largest absolute Gasteiger partial charge is 0.309 e. The molecule has 2 N–H and O–H groups in total. The summed E-state index contributed by atoms with van der Waals surface area (Å²) >= 11 is 2.80. The van der Waals surface area contributed by atoms with Crippen molar-refractivity contribution in [1.82, 2.24) is 15.0 Å². The van der Waals surface area contributed by atoms with Gasteiger partial charge in [-0.05, 0) is 31.4 Å². The molecule has 1 aliphatic carbocycles. The third-order valence-electron chi connectivity index (χ3n) is 3.32. The molecule has 1 aliphatic rings. The SMILES string of the molecule is Cc1cc(S(=O)(=O)NCc2cscn2)sc1CNC1CC1. The molecule has 5 nitrogen and oxygen atoms in total. The van der Waals surface area contributed by atoms with E-state index in [1.165, 1.54) is 35.5 Å². The molecule has 2 heterocycles. The summed E-state index contributed by atoms with van der Waals surface area (Å²) in [5, 5.41) is 5.26. The summed E-state index contributed by atoms with van der Waals surface area (Å²) < 4.78 is 27.6. The van der Waals surface area contributed by atoms with Crippen LogP contribution in [0.25, 0.3) is 0 Å². The third-order valence-corrected chi connectivity index (χ3v) is 7.07. The van der Waals surface area contributed by atoms with Crippen molar-refractivity contribution in [1.29, 1.82) is 0 Å². The Balaban J connectivity index is 1.67. The summed E-state index contributed by atoms with van der Waals surface area (Å²) in [6, 6.07) is 2.37. The van der Waals surface area contributed by atoms with E-state index in [0.29, 0.717) is 10.3 Å². The second-order valence-corrected chi connectivity index (χ2v) is 8.98. The summed E-state index contributed by atoms with van der Waals surface area (Å²) in [6.45, 7) is 2.95. The van der Waals surface area contributed by atoms with E-state index in [4.69, 9.17) is 0 Å². The highest BCUT2D eigenvalue weighted by atomic mass is 32.2. The summed E-state index contributed by atoms with van der Waals surface area (Å²) in [4.78, 5) is 5.17. The number of aromatic nitrogens is 1. The van der Waals surface area contributed by atoms with Crippen LogP contribution in [0.5, 0.6) is 0 Å².